The molecule has 25 heavy (non-hydrogen) atoms. The Morgan fingerprint density at radius 1 is 1.12 bits per heavy atom. The van der Waals surface area contributed by atoms with Crippen molar-refractivity contribution in [2.24, 2.45) is 5.92 Å². The Morgan fingerprint density at radius 3 is 2.68 bits per heavy atom. The molecule has 6 heteroatoms. The highest BCUT2D eigenvalue weighted by Gasteiger charge is 2.29. The second-order valence-electron chi connectivity index (χ2n) is 7.79. The second-order valence-corrected chi connectivity index (χ2v) is 7.79. The standard InChI is InChI=1S/C19H29N5O/c1-15(25)23-9-7-17(8-10-23)19-21-20-18-14-22(11-12-24(18)19)13-16-5-3-2-4-6-16/h2-3,16-17H,4-14H2,1H3. The number of hydrogen-bond acceptors (Lipinski definition) is 4. The zero-order valence-electron chi connectivity index (χ0n) is 15.2. The molecule has 1 unspecified atom stereocenters. The van der Waals surface area contributed by atoms with Gasteiger partial charge in [0.25, 0.3) is 0 Å². The van der Waals surface area contributed by atoms with Crippen molar-refractivity contribution >= 4 is 5.91 Å². The van der Waals surface area contributed by atoms with Crippen molar-refractivity contribution in [3.8, 4) is 0 Å². The van der Waals surface area contributed by atoms with E-state index in [4.69, 9.17) is 0 Å². The average molecular weight is 343 g/mol. The van der Waals surface area contributed by atoms with Crippen LogP contribution in [0.5, 0.6) is 0 Å². The first-order valence-electron chi connectivity index (χ1n) is 9.75. The quantitative estimate of drug-likeness (QED) is 0.790. The van der Waals surface area contributed by atoms with Crippen LogP contribution in [0.1, 0.15) is 56.6 Å². The number of carbonyl (C=O) groups excluding carboxylic acids is 1. The lowest BCUT2D eigenvalue weighted by molar-refractivity contribution is -0.129. The summed E-state index contributed by atoms with van der Waals surface area (Å²) in [5.74, 6) is 3.72. The van der Waals surface area contributed by atoms with E-state index < -0.39 is 0 Å². The summed E-state index contributed by atoms with van der Waals surface area (Å²) < 4.78 is 2.35. The molecule has 0 N–H and O–H groups in total. The van der Waals surface area contributed by atoms with E-state index in [1.165, 1.54) is 25.8 Å². The van der Waals surface area contributed by atoms with Gasteiger partial charge >= 0.3 is 0 Å². The topological polar surface area (TPSA) is 54.3 Å². The number of nitrogens with zero attached hydrogens (tertiary/aromatic N) is 5. The predicted octanol–water partition coefficient (Wildman–Crippen LogP) is 2.18. The monoisotopic (exact) mass is 343 g/mol. The Bertz CT molecular complexity index is 644. The van der Waals surface area contributed by atoms with Crippen LogP contribution in [-0.4, -0.2) is 56.7 Å². The van der Waals surface area contributed by atoms with Gasteiger partial charge in [-0.15, -0.1) is 10.2 Å². The van der Waals surface area contributed by atoms with Gasteiger partial charge in [0.1, 0.15) is 11.6 Å². The van der Waals surface area contributed by atoms with Gasteiger partial charge < -0.3 is 9.47 Å². The van der Waals surface area contributed by atoms with Crippen LogP contribution in [0.3, 0.4) is 0 Å². The van der Waals surface area contributed by atoms with Gasteiger partial charge in [-0.1, -0.05) is 12.2 Å². The molecule has 0 bridgehead atoms. The van der Waals surface area contributed by atoms with Crippen LogP contribution in [0.2, 0.25) is 0 Å². The maximum Gasteiger partial charge on any atom is 0.219 e. The summed E-state index contributed by atoms with van der Waals surface area (Å²) in [4.78, 5) is 16.0. The van der Waals surface area contributed by atoms with Gasteiger partial charge in [-0.05, 0) is 38.0 Å². The van der Waals surface area contributed by atoms with Gasteiger partial charge in [-0.3, -0.25) is 9.69 Å². The number of rotatable bonds is 3. The van der Waals surface area contributed by atoms with E-state index in [1.807, 2.05) is 4.90 Å². The first-order chi connectivity index (χ1) is 12.2. The molecule has 3 heterocycles. The van der Waals surface area contributed by atoms with E-state index in [9.17, 15) is 4.79 Å². The third-order valence-electron chi connectivity index (χ3n) is 6.06. The first-order valence-corrected chi connectivity index (χ1v) is 9.75. The molecule has 3 aliphatic rings. The number of aromatic nitrogens is 3. The molecule has 136 valence electrons. The highest BCUT2D eigenvalue weighted by Crippen LogP contribution is 2.29. The molecular weight excluding hydrogens is 314 g/mol. The fourth-order valence-electron chi connectivity index (χ4n) is 4.53. The van der Waals surface area contributed by atoms with Crippen molar-refractivity contribution in [3.63, 3.8) is 0 Å². The second kappa shape index (κ2) is 7.28. The number of likely N-dealkylation sites (tertiary alicyclic amines) is 1. The summed E-state index contributed by atoms with van der Waals surface area (Å²) in [5, 5.41) is 9.05. The van der Waals surface area contributed by atoms with Crippen molar-refractivity contribution < 1.29 is 4.79 Å². The summed E-state index contributed by atoms with van der Waals surface area (Å²) in [6.07, 6.45) is 10.4. The smallest absolute Gasteiger partial charge is 0.219 e. The fraction of sp³-hybridized carbons (Fsp3) is 0.737. The predicted molar refractivity (Wildman–Crippen MR) is 96.0 cm³/mol. The van der Waals surface area contributed by atoms with Crippen molar-refractivity contribution in [1.29, 1.82) is 0 Å². The van der Waals surface area contributed by atoms with Gasteiger partial charge in [-0.2, -0.15) is 0 Å². The van der Waals surface area contributed by atoms with Crippen molar-refractivity contribution in [2.45, 2.75) is 58.0 Å². The molecule has 0 aromatic carbocycles. The summed E-state index contributed by atoms with van der Waals surface area (Å²) in [6, 6.07) is 0. The Hall–Kier alpha value is -1.69. The van der Waals surface area contributed by atoms with Crippen molar-refractivity contribution in [3.05, 3.63) is 23.8 Å². The van der Waals surface area contributed by atoms with Gasteiger partial charge in [-0.25, -0.2) is 0 Å². The lowest BCUT2D eigenvalue weighted by Crippen LogP contribution is -2.39. The number of hydrogen-bond donors (Lipinski definition) is 0. The SMILES string of the molecule is CC(=O)N1CCC(c2nnc3n2CCN(CC2CC=CCC2)C3)CC1. The Balaban J connectivity index is 1.37. The van der Waals surface area contributed by atoms with Crippen LogP contribution >= 0.6 is 0 Å². The molecule has 0 radical (unpaired) electrons. The molecule has 1 fully saturated rings. The highest BCUT2D eigenvalue weighted by molar-refractivity contribution is 5.73. The molecule has 0 spiro atoms. The minimum absolute atomic E-state index is 0.190. The molecular formula is C19H29N5O. The number of carbonyl (C=O) groups is 1. The molecule has 4 rings (SSSR count). The third-order valence-corrected chi connectivity index (χ3v) is 6.06. The van der Waals surface area contributed by atoms with Gasteiger partial charge in [0, 0.05) is 45.6 Å². The Kier molecular flexibility index (Phi) is 4.88. The van der Waals surface area contributed by atoms with E-state index >= 15 is 0 Å². The van der Waals surface area contributed by atoms with Gasteiger partial charge in [0.05, 0.1) is 6.54 Å². The summed E-state index contributed by atoms with van der Waals surface area (Å²) in [5.41, 5.74) is 0. The summed E-state index contributed by atoms with van der Waals surface area (Å²) in [6.45, 7) is 7.59. The number of allylic oxidation sites excluding steroid dienone is 2. The van der Waals surface area contributed by atoms with Crippen LogP contribution < -0.4 is 0 Å². The van der Waals surface area contributed by atoms with E-state index in [1.54, 1.807) is 6.92 Å². The molecule has 0 saturated carbocycles. The maximum atomic E-state index is 11.5. The van der Waals surface area contributed by atoms with Crippen LogP contribution in [0, 0.1) is 5.92 Å². The third kappa shape index (κ3) is 3.64. The van der Waals surface area contributed by atoms with Gasteiger partial charge in [0.15, 0.2) is 0 Å². The lowest BCUT2D eigenvalue weighted by atomic mass is 9.93. The molecule has 1 amide bonds. The average Bonchev–Trinajstić information content (AvgIpc) is 3.06. The van der Waals surface area contributed by atoms with Crippen molar-refractivity contribution in [2.75, 3.05) is 26.2 Å². The van der Waals surface area contributed by atoms with Crippen LogP contribution in [0.4, 0.5) is 0 Å². The van der Waals surface area contributed by atoms with E-state index in [-0.39, 0.29) is 5.91 Å². The van der Waals surface area contributed by atoms with Crippen LogP contribution in [-0.2, 0) is 17.9 Å². The number of fused-ring (bicyclic) bond motifs is 1. The molecule has 1 saturated heterocycles. The molecule has 2 aliphatic heterocycles. The Labute approximate surface area is 149 Å². The van der Waals surface area contributed by atoms with Crippen molar-refractivity contribution in [1.82, 2.24) is 24.6 Å². The lowest BCUT2D eigenvalue weighted by Gasteiger charge is -2.33. The van der Waals surface area contributed by atoms with E-state index in [2.05, 4.69) is 31.8 Å². The molecule has 1 atom stereocenters. The summed E-state index contributed by atoms with van der Waals surface area (Å²) >= 11 is 0. The molecule has 1 aromatic rings. The Morgan fingerprint density at radius 2 is 1.96 bits per heavy atom. The van der Waals surface area contributed by atoms with Crippen LogP contribution in [0.25, 0.3) is 0 Å². The maximum absolute atomic E-state index is 11.5. The fourth-order valence-corrected chi connectivity index (χ4v) is 4.53. The highest BCUT2D eigenvalue weighted by atomic mass is 16.2. The molecule has 1 aromatic heterocycles. The molecule has 1 aliphatic carbocycles. The van der Waals surface area contributed by atoms with Crippen LogP contribution in [0.15, 0.2) is 12.2 Å². The normalized spacial score (nSPS) is 25.2. The summed E-state index contributed by atoms with van der Waals surface area (Å²) in [7, 11) is 0. The minimum atomic E-state index is 0.190. The number of piperidine rings is 1. The van der Waals surface area contributed by atoms with Gasteiger partial charge in [0.2, 0.25) is 5.91 Å². The largest absolute Gasteiger partial charge is 0.343 e. The number of amides is 1. The zero-order chi connectivity index (χ0) is 17.2. The molecule has 6 nitrogen and oxygen atoms in total. The van der Waals surface area contributed by atoms with E-state index in [0.29, 0.717) is 5.92 Å². The van der Waals surface area contributed by atoms with E-state index in [0.717, 1.165) is 63.1 Å². The minimum Gasteiger partial charge on any atom is -0.343 e. The zero-order valence-corrected chi connectivity index (χ0v) is 15.2. The first kappa shape index (κ1) is 16.8.